The van der Waals surface area contributed by atoms with Gasteiger partial charge in [-0.15, -0.1) is 0 Å². The summed E-state index contributed by atoms with van der Waals surface area (Å²) in [6.45, 7) is 1.99. The molecule has 0 saturated heterocycles. The zero-order valence-corrected chi connectivity index (χ0v) is 19.3. The quantitative estimate of drug-likeness (QED) is 0.221. The average Bonchev–Trinajstić information content (AvgIpc) is 3.63. The van der Waals surface area contributed by atoms with Gasteiger partial charge in [-0.2, -0.15) is 5.10 Å². The molecule has 5 heterocycles. The van der Waals surface area contributed by atoms with Crippen LogP contribution in [0.3, 0.4) is 0 Å². The maximum absolute atomic E-state index is 16.0. The number of hydrogen-bond donors (Lipinski definition) is 4. The van der Waals surface area contributed by atoms with Gasteiger partial charge in [-0.25, -0.2) is 14.4 Å². The zero-order chi connectivity index (χ0) is 24.6. The number of halogens is 1. The van der Waals surface area contributed by atoms with Crippen LogP contribution in [0, 0.1) is 5.82 Å². The smallest absolute Gasteiger partial charge is 0.161 e. The molecule has 10 heteroatoms. The molecule has 0 fully saturated rings. The third-order valence-electron chi connectivity index (χ3n) is 6.05. The summed E-state index contributed by atoms with van der Waals surface area (Å²) in [7, 11) is 0. The molecule has 0 aliphatic rings. The SMILES string of the molecule is CCCC(O)Nc1cncc(-c2ccc3[nH]nc(-c4nc5c(-c6ccoc6)ccnc5[nH]4)c3c2F)c1. The highest BCUT2D eigenvalue weighted by atomic mass is 19.1. The first kappa shape index (κ1) is 21.9. The molecule has 5 aromatic heterocycles. The van der Waals surface area contributed by atoms with Crippen LogP contribution in [0.1, 0.15) is 19.8 Å². The molecule has 9 nitrogen and oxygen atoms in total. The van der Waals surface area contributed by atoms with E-state index in [-0.39, 0.29) is 0 Å². The normalized spacial score (nSPS) is 12.4. The molecule has 36 heavy (non-hydrogen) atoms. The molecule has 1 unspecified atom stereocenters. The number of hydrogen-bond acceptors (Lipinski definition) is 7. The predicted molar refractivity (Wildman–Crippen MR) is 134 cm³/mol. The Bertz CT molecular complexity index is 1670. The maximum atomic E-state index is 16.0. The van der Waals surface area contributed by atoms with Crippen molar-refractivity contribution in [2.45, 2.75) is 26.0 Å². The number of aromatic nitrogens is 6. The Morgan fingerprint density at radius 3 is 2.89 bits per heavy atom. The third-order valence-corrected chi connectivity index (χ3v) is 6.05. The summed E-state index contributed by atoms with van der Waals surface area (Å²) in [4.78, 5) is 16.5. The van der Waals surface area contributed by atoms with Crippen molar-refractivity contribution in [1.82, 2.24) is 30.1 Å². The molecule has 6 rings (SSSR count). The maximum Gasteiger partial charge on any atom is 0.161 e. The van der Waals surface area contributed by atoms with Crippen LogP contribution in [0.2, 0.25) is 0 Å². The number of nitrogens with one attached hydrogen (secondary N) is 3. The predicted octanol–water partition coefficient (Wildman–Crippen LogP) is 5.49. The molecule has 4 N–H and O–H groups in total. The van der Waals surface area contributed by atoms with Crippen LogP contribution >= 0.6 is 0 Å². The number of aliphatic hydroxyl groups is 1. The van der Waals surface area contributed by atoms with E-state index in [1.54, 1.807) is 49.3 Å². The van der Waals surface area contributed by atoms with Gasteiger partial charge >= 0.3 is 0 Å². The van der Waals surface area contributed by atoms with Crippen LogP contribution < -0.4 is 5.32 Å². The molecule has 1 atom stereocenters. The standard InChI is InChI=1S/C26H22FN7O2/c1-2-3-20(35)30-16-10-15(11-28-12-16)17-4-5-19-21(22(17)27)24(34-33-19)26-31-23-18(14-7-9-36-13-14)6-8-29-25(23)32-26/h4-13,20,30,35H,2-3H2,1H3,(H,33,34)(H,29,31,32). The number of nitrogens with zero attached hydrogens (tertiary/aromatic N) is 4. The van der Waals surface area contributed by atoms with Crippen molar-refractivity contribution in [1.29, 1.82) is 0 Å². The summed E-state index contributed by atoms with van der Waals surface area (Å²) in [6.07, 6.45) is 8.82. The van der Waals surface area contributed by atoms with Crippen molar-refractivity contribution < 1.29 is 13.9 Å². The molecular formula is C26H22FN7O2. The number of rotatable bonds is 7. The fourth-order valence-corrected chi connectivity index (χ4v) is 4.34. The molecule has 0 saturated carbocycles. The van der Waals surface area contributed by atoms with Crippen molar-refractivity contribution in [3.8, 4) is 33.8 Å². The van der Waals surface area contributed by atoms with Gasteiger partial charge in [0.1, 0.15) is 23.3 Å². The van der Waals surface area contributed by atoms with Crippen LogP contribution in [-0.4, -0.2) is 41.5 Å². The molecular weight excluding hydrogens is 461 g/mol. The number of furan rings is 1. The van der Waals surface area contributed by atoms with E-state index in [1.165, 1.54) is 0 Å². The number of fused-ring (bicyclic) bond motifs is 2. The number of H-pyrrole nitrogens is 2. The van der Waals surface area contributed by atoms with Crippen LogP contribution in [-0.2, 0) is 0 Å². The molecule has 0 amide bonds. The van der Waals surface area contributed by atoms with Crippen LogP contribution in [0.4, 0.5) is 10.1 Å². The van der Waals surface area contributed by atoms with Crippen molar-refractivity contribution in [2.24, 2.45) is 0 Å². The van der Waals surface area contributed by atoms with Gasteiger partial charge in [-0.1, -0.05) is 13.3 Å². The van der Waals surface area contributed by atoms with Gasteiger partial charge in [0.15, 0.2) is 11.5 Å². The van der Waals surface area contributed by atoms with E-state index in [0.717, 1.165) is 17.5 Å². The van der Waals surface area contributed by atoms with Crippen molar-refractivity contribution in [3.63, 3.8) is 0 Å². The van der Waals surface area contributed by atoms with Gasteiger partial charge < -0.3 is 19.8 Å². The number of pyridine rings is 2. The van der Waals surface area contributed by atoms with Crippen molar-refractivity contribution >= 4 is 27.8 Å². The first-order chi connectivity index (χ1) is 17.6. The van der Waals surface area contributed by atoms with E-state index >= 15 is 4.39 Å². The number of anilines is 1. The lowest BCUT2D eigenvalue weighted by molar-refractivity contribution is 0.192. The Hall–Kier alpha value is -4.57. The van der Waals surface area contributed by atoms with Crippen LogP contribution in [0.25, 0.3) is 55.8 Å². The van der Waals surface area contributed by atoms with Crippen LogP contribution in [0.5, 0.6) is 0 Å². The van der Waals surface area contributed by atoms with Gasteiger partial charge in [0, 0.05) is 34.6 Å². The Labute approximate surface area is 204 Å². The second kappa shape index (κ2) is 8.90. The highest BCUT2D eigenvalue weighted by Crippen LogP contribution is 2.35. The molecule has 6 aromatic rings. The first-order valence-corrected chi connectivity index (χ1v) is 11.6. The largest absolute Gasteiger partial charge is 0.472 e. The molecule has 0 spiro atoms. The Kier molecular flexibility index (Phi) is 5.42. The van der Waals surface area contributed by atoms with E-state index in [2.05, 4.69) is 30.5 Å². The second-order valence-electron chi connectivity index (χ2n) is 8.49. The minimum atomic E-state index is -0.700. The summed E-state index contributed by atoms with van der Waals surface area (Å²) in [5.74, 6) is -0.0558. The third kappa shape index (κ3) is 3.77. The molecule has 0 radical (unpaired) electrons. The molecule has 0 aliphatic heterocycles. The van der Waals surface area contributed by atoms with Gasteiger partial charge in [-0.05, 0) is 36.8 Å². The lowest BCUT2D eigenvalue weighted by Gasteiger charge is -2.14. The number of benzene rings is 1. The van der Waals surface area contributed by atoms with E-state index in [1.807, 2.05) is 19.1 Å². The van der Waals surface area contributed by atoms with Gasteiger partial charge in [0.05, 0.1) is 35.3 Å². The van der Waals surface area contributed by atoms with Gasteiger partial charge in [0.25, 0.3) is 0 Å². The summed E-state index contributed by atoms with van der Waals surface area (Å²) in [6, 6.07) is 8.91. The fourth-order valence-electron chi connectivity index (χ4n) is 4.34. The van der Waals surface area contributed by atoms with Gasteiger partial charge in [-0.3, -0.25) is 10.1 Å². The minimum Gasteiger partial charge on any atom is -0.472 e. The van der Waals surface area contributed by atoms with E-state index in [4.69, 9.17) is 9.40 Å². The van der Waals surface area contributed by atoms with E-state index < -0.39 is 12.0 Å². The first-order valence-electron chi connectivity index (χ1n) is 11.6. The second-order valence-corrected chi connectivity index (χ2v) is 8.49. The van der Waals surface area contributed by atoms with Crippen LogP contribution in [0.15, 0.2) is 65.9 Å². The fraction of sp³-hybridized carbons (Fsp3) is 0.154. The molecule has 180 valence electrons. The Morgan fingerprint density at radius 1 is 1.14 bits per heavy atom. The monoisotopic (exact) mass is 483 g/mol. The molecule has 0 bridgehead atoms. The van der Waals surface area contributed by atoms with E-state index in [0.29, 0.717) is 56.8 Å². The number of aliphatic hydroxyl groups excluding tert-OH is 1. The highest BCUT2D eigenvalue weighted by molar-refractivity contribution is 5.98. The topological polar surface area (TPSA) is 129 Å². The lowest BCUT2D eigenvalue weighted by Crippen LogP contribution is -2.18. The number of imidazole rings is 1. The average molecular weight is 484 g/mol. The Morgan fingerprint density at radius 2 is 2.06 bits per heavy atom. The van der Waals surface area contributed by atoms with Crippen molar-refractivity contribution in [2.75, 3.05) is 5.32 Å². The highest BCUT2D eigenvalue weighted by Gasteiger charge is 2.21. The lowest BCUT2D eigenvalue weighted by atomic mass is 10.0. The van der Waals surface area contributed by atoms with E-state index in [9.17, 15) is 5.11 Å². The van der Waals surface area contributed by atoms with Crippen molar-refractivity contribution in [3.05, 3.63) is 67.3 Å². The summed E-state index contributed by atoms with van der Waals surface area (Å²) in [5.41, 5.74) is 5.33. The zero-order valence-electron chi connectivity index (χ0n) is 19.3. The number of aromatic amines is 2. The summed E-state index contributed by atoms with van der Waals surface area (Å²) >= 11 is 0. The molecule has 1 aromatic carbocycles. The summed E-state index contributed by atoms with van der Waals surface area (Å²) < 4.78 is 21.2. The molecule has 0 aliphatic carbocycles. The summed E-state index contributed by atoms with van der Waals surface area (Å²) in [5, 5.41) is 20.6. The Balaban J connectivity index is 1.44. The minimum absolute atomic E-state index is 0.306. The van der Waals surface area contributed by atoms with Gasteiger partial charge in [0.2, 0.25) is 0 Å².